The van der Waals surface area contributed by atoms with Crippen molar-refractivity contribution < 1.29 is 46.7 Å². The fourth-order valence-electron chi connectivity index (χ4n) is 2.27. The van der Waals surface area contributed by atoms with Crippen molar-refractivity contribution in [1.82, 2.24) is 0 Å². The van der Waals surface area contributed by atoms with Crippen LogP contribution in [0, 0.1) is 0 Å². The third-order valence-electron chi connectivity index (χ3n) is 3.48. The van der Waals surface area contributed by atoms with E-state index in [4.69, 9.17) is 19.4 Å². The number of phenolic OH excluding ortho intramolecular Hbond substituents is 2. The molecule has 3 N–H and O–H groups in total. The van der Waals surface area contributed by atoms with Gasteiger partial charge >= 0.3 is 17.1 Å². The standard InChI is InChI=1S/C20H24N2O4.C2H4O2.Mn/c1-3-25-17-9-5-7-15(19(17)23)13-21-11-12-22-14-16-8-6-10-18(20(16)24)26-4-2;1-2(3)4;/h5-10,13-14,23-24H,3-4,11-12H2,1-2H3;1H3,(H,3,4);/q;;+2. The molecule has 0 atom stereocenters. The SMILES string of the molecule is CC(=O)O.CCOc1cccc(C=NCCN=Cc2cccc(OCC)c2O)c1O.[Mn+2]. The first-order valence-corrected chi connectivity index (χ1v) is 9.49. The van der Waals surface area contributed by atoms with Crippen LogP contribution in [-0.2, 0) is 21.9 Å². The topological polar surface area (TPSA) is 121 Å². The Morgan fingerprint density at radius 3 is 1.55 bits per heavy atom. The zero-order valence-electron chi connectivity index (χ0n) is 17.8. The molecule has 31 heavy (non-hydrogen) atoms. The number of para-hydroxylation sites is 2. The molecule has 9 heteroatoms. The van der Waals surface area contributed by atoms with Crippen LogP contribution in [-0.4, -0.2) is 60.0 Å². The van der Waals surface area contributed by atoms with Crippen LogP contribution in [0.1, 0.15) is 31.9 Å². The van der Waals surface area contributed by atoms with Crippen LogP contribution >= 0.6 is 0 Å². The number of carbonyl (C=O) groups is 1. The smallest absolute Gasteiger partial charge is 0.504 e. The van der Waals surface area contributed by atoms with Gasteiger partial charge in [0.05, 0.1) is 26.3 Å². The summed E-state index contributed by atoms with van der Waals surface area (Å²) < 4.78 is 10.7. The van der Waals surface area contributed by atoms with Gasteiger partial charge < -0.3 is 24.8 Å². The molecule has 0 unspecified atom stereocenters. The van der Waals surface area contributed by atoms with Crippen LogP contribution < -0.4 is 9.47 Å². The molecule has 0 bridgehead atoms. The molecule has 0 saturated carbocycles. The van der Waals surface area contributed by atoms with Crippen molar-refractivity contribution in [3.63, 3.8) is 0 Å². The third kappa shape index (κ3) is 10.5. The van der Waals surface area contributed by atoms with Gasteiger partial charge in [-0.3, -0.25) is 14.8 Å². The van der Waals surface area contributed by atoms with Crippen molar-refractivity contribution in [1.29, 1.82) is 0 Å². The van der Waals surface area contributed by atoms with Gasteiger partial charge in [-0.1, -0.05) is 12.1 Å². The minimum absolute atomic E-state index is 0. The minimum Gasteiger partial charge on any atom is -0.504 e. The molecule has 2 aromatic rings. The number of ether oxygens (including phenoxy) is 2. The van der Waals surface area contributed by atoms with E-state index in [1.807, 2.05) is 13.8 Å². The summed E-state index contributed by atoms with van der Waals surface area (Å²) in [5.74, 6) is 0.219. The molecule has 167 valence electrons. The van der Waals surface area contributed by atoms with Gasteiger partial charge in [-0.05, 0) is 38.1 Å². The first-order valence-electron chi connectivity index (χ1n) is 9.49. The maximum Gasteiger partial charge on any atom is 2.00 e. The number of benzene rings is 2. The molecule has 0 amide bonds. The number of hydrogen-bond donors (Lipinski definition) is 3. The van der Waals surface area contributed by atoms with Crippen LogP contribution in [0.25, 0.3) is 0 Å². The molecule has 0 fully saturated rings. The summed E-state index contributed by atoms with van der Waals surface area (Å²) >= 11 is 0. The second kappa shape index (κ2) is 15.8. The van der Waals surface area contributed by atoms with E-state index in [1.165, 1.54) is 0 Å². The normalized spacial score (nSPS) is 10.3. The summed E-state index contributed by atoms with van der Waals surface area (Å²) in [7, 11) is 0. The first-order chi connectivity index (χ1) is 14.4. The molecule has 2 aromatic carbocycles. The summed E-state index contributed by atoms with van der Waals surface area (Å²) in [6.45, 7) is 6.70. The van der Waals surface area contributed by atoms with Crippen molar-refractivity contribution in [2.45, 2.75) is 20.8 Å². The van der Waals surface area contributed by atoms with Gasteiger partial charge in [0.1, 0.15) is 0 Å². The number of hydrogen-bond acceptors (Lipinski definition) is 7. The molecule has 0 aliphatic carbocycles. The van der Waals surface area contributed by atoms with E-state index >= 15 is 0 Å². The van der Waals surface area contributed by atoms with E-state index in [1.54, 1.807) is 48.8 Å². The van der Waals surface area contributed by atoms with E-state index in [0.717, 1.165) is 6.92 Å². The molecule has 2 rings (SSSR count). The van der Waals surface area contributed by atoms with Gasteiger partial charge in [0, 0.05) is 30.5 Å². The second-order valence-electron chi connectivity index (χ2n) is 5.84. The van der Waals surface area contributed by atoms with Crippen LogP contribution in [0.15, 0.2) is 46.4 Å². The number of rotatable bonds is 9. The van der Waals surface area contributed by atoms with Gasteiger partial charge in [0.2, 0.25) is 0 Å². The Morgan fingerprint density at radius 1 is 0.871 bits per heavy atom. The Balaban J connectivity index is 0.00000165. The van der Waals surface area contributed by atoms with Gasteiger partial charge in [0.25, 0.3) is 5.97 Å². The molecule has 0 aromatic heterocycles. The third-order valence-corrected chi connectivity index (χ3v) is 3.48. The molecule has 0 heterocycles. The van der Waals surface area contributed by atoms with Crippen molar-refractivity contribution in [3.05, 3.63) is 47.5 Å². The molecule has 0 saturated heterocycles. The van der Waals surface area contributed by atoms with Crippen LogP contribution in [0.5, 0.6) is 23.0 Å². The van der Waals surface area contributed by atoms with E-state index in [9.17, 15) is 10.2 Å². The number of aromatic hydroxyl groups is 2. The fraction of sp³-hybridized carbons (Fsp3) is 0.318. The van der Waals surface area contributed by atoms with E-state index < -0.39 is 5.97 Å². The van der Waals surface area contributed by atoms with E-state index in [0.29, 0.717) is 48.9 Å². The Morgan fingerprint density at radius 2 is 1.23 bits per heavy atom. The van der Waals surface area contributed by atoms with Gasteiger partial charge in [0.15, 0.2) is 23.0 Å². The zero-order chi connectivity index (χ0) is 22.4. The Bertz CT molecular complexity index is 802. The predicted molar refractivity (Wildman–Crippen MR) is 117 cm³/mol. The Hall–Kier alpha value is -3.03. The number of nitrogens with zero attached hydrogens (tertiary/aromatic N) is 2. The Labute approximate surface area is 192 Å². The van der Waals surface area contributed by atoms with E-state index in [2.05, 4.69) is 9.98 Å². The van der Waals surface area contributed by atoms with Crippen molar-refractivity contribution >= 4 is 18.4 Å². The quantitative estimate of drug-likeness (QED) is 0.292. The summed E-state index contributed by atoms with van der Waals surface area (Å²) in [6, 6.07) is 10.6. The van der Waals surface area contributed by atoms with Crippen molar-refractivity contribution in [3.8, 4) is 23.0 Å². The number of aliphatic imine (C=N–C) groups is 2. The summed E-state index contributed by atoms with van der Waals surface area (Å²) in [6.07, 6.45) is 3.20. The molecule has 0 aliphatic heterocycles. The molecule has 1 radical (unpaired) electrons. The maximum atomic E-state index is 10.1. The van der Waals surface area contributed by atoms with Gasteiger partial charge in [-0.25, -0.2) is 0 Å². The second-order valence-corrected chi connectivity index (χ2v) is 5.84. The molecule has 8 nitrogen and oxygen atoms in total. The van der Waals surface area contributed by atoms with Gasteiger partial charge in [-0.15, -0.1) is 0 Å². The Kier molecular flexibility index (Phi) is 14.2. The molecular weight excluding hydrogens is 443 g/mol. The van der Waals surface area contributed by atoms with Crippen LogP contribution in [0.2, 0.25) is 0 Å². The van der Waals surface area contributed by atoms with Crippen molar-refractivity contribution in [2.75, 3.05) is 26.3 Å². The van der Waals surface area contributed by atoms with Crippen LogP contribution in [0.3, 0.4) is 0 Å². The van der Waals surface area contributed by atoms with E-state index in [-0.39, 0.29) is 28.6 Å². The number of phenols is 2. The molecule has 0 spiro atoms. The van der Waals surface area contributed by atoms with Crippen LogP contribution in [0.4, 0.5) is 0 Å². The number of carboxylic acids is 1. The summed E-state index contributed by atoms with van der Waals surface area (Å²) in [5.41, 5.74) is 1.20. The number of carboxylic acid groups (broad SMARTS) is 1. The number of aliphatic carboxylic acids is 1. The maximum absolute atomic E-state index is 10.1. The van der Waals surface area contributed by atoms with Gasteiger partial charge in [-0.2, -0.15) is 0 Å². The first kappa shape index (κ1) is 28.0. The minimum atomic E-state index is -0.833. The summed E-state index contributed by atoms with van der Waals surface area (Å²) in [4.78, 5) is 17.5. The largest absolute Gasteiger partial charge is 2.00 e. The predicted octanol–water partition coefficient (Wildman–Crippen LogP) is 3.52. The molecule has 0 aliphatic rings. The molecular formula is C22H28MnN2O6+2. The average molecular weight is 471 g/mol. The monoisotopic (exact) mass is 471 g/mol. The fourth-order valence-corrected chi connectivity index (χ4v) is 2.27. The summed E-state index contributed by atoms with van der Waals surface area (Å²) in [5, 5.41) is 27.6. The zero-order valence-corrected chi connectivity index (χ0v) is 19.0. The van der Waals surface area contributed by atoms with Crippen molar-refractivity contribution in [2.24, 2.45) is 9.98 Å². The average Bonchev–Trinajstić information content (AvgIpc) is 2.69.